The standard InChI is InChI=1S/C23H20FNO4/c24-17-5-2-1-4-16(17)19-9-10-21(29-19)23(26)25-11-3-6-18(25)15-7-8-20-22(14-15)28-13-12-27-20/h1-2,4-5,7-10,14,18H,3,6,11-13H2/t18-/m1/s1. The second-order valence-corrected chi connectivity index (χ2v) is 7.20. The zero-order chi connectivity index (χ0) is 19.8. The van der Waals surface area contributed by atoms with Crippen molar-refractivity contribution in [1.29, 1.82) is 0 Å². The van der Waals surface area contributed by atoms with Gasteiger partial charge in [-0.1, -0.05) is 18.2 Å². The topological polar surface area (TPSA) is 51.9 Å². The largest absolute Gasteiger partial charge is 0.486 e. The molecule has 1 atom stereocenters. The number of rotatable bonds is 3. The number of ether oxygens (including phenoxy) is 2. The third-order valence-electron chi connectivity index (χ3n) is 5.42. The molecular formula is C23H20FNO4. The highest BCUT2D eigenvalue weighted by molar-refractivity contribution is 5.92. The molecule has 1 aromatic heterocycles. The molecule has 1 fully saturated rings. The Hall–Kier alpha value is -3.28. The van der Waals surface area contributed by atoms with Crippen molar-refractivity contribution in [2.45, 2.75) is 18.9 Å². The maximum Gasteiger partial charge on any atom is 0.290 e. The number of likely N-dealkylation sites (tertiary alicyclic amines) is 1. The lowest BCUT2D eigenvalue weighted by molar-refractivity contribution is 0.0703. The Bertz CT molecular complexity index is 1060. The van der Waals surface area contributed by atoms with Gasteiger partial charge in [-0.3, -0.25) is 4.79 Å². The number of benzene rings is 2. The Labute approximate surface area is 167 Å². The number of halogens is 1. The predicted octanol–water partition coefficient (Wildman–Crippen LogP) is 4.83. The van der Waals surface area contributed by atoms with Gasteiger partial charge in [-0.25, -0.2) is 4.39 Å². The van der Waals surface area contributed by atoms with Crippen LogP contribution in [0.5, 0.6) is 11.5 Å². The van der Waals surface area contributed by atoms with E-state index in [-0.39, 0.29) is 23.5 Å². The van der Waals surface area contributed by atoms with Gasteiger partial charge < -0.3 is 18.8 Å². The predicted molar refractivity (Wildman–Crippen MR) is 105 cm³/mol. The van der Waals surface area contributed by atoms with Gasteiger partial charge in [0.15, 0.2) is 17.3 Å². The van der Waals surface area contributed by atoms with Crippen LogP contribution in [0.3, 0.4) is 0 Å². The minimum absolute atomic E-state index is 0.0552. The summed E-state index contributed by atoms with van der Waals surface area (Å²) < 4.78 is 31.0. The zero-order valence-corrected chi connectivity index (χ0v) is 15.8. The molecule has 148 valence electrons. The number of nitrogens with zero attached hydrogens (tertiary/aromatic N) is 1. The van der Waals surface area contributed by atoms with E-state index >= 15 is 0 Å². The van der Waals surface area contributed by atoms with E-state index in [0.717, 1.165) is 24.2 Å². The van der Waals surface area contributed by atoms with Crippen LogP contribution >= 0.6 is 0 Å². The van der Waals surface area contributed by atoms with Crippen LogP contribution < -0.4 is 9.47 Å². The van der Waals surface area contributed by atoms with Crippen molar-refractivity contribution >= 4 is 5.91 Å². The van der Waals surface area contributed by atoms with Crippen LogP contribution in [0.25, 0.3) is 11.3 Å². The van der Waals surface area contributed by atoms with Crippen LogP contribution in [-0.4, -0.2) is 30.6 Å². The molecular weight excluding hydrogens is 373 g/mol. The second kappa shape index (κ2) is 7.28. The third kappa shape index (κ3) is 3.24. The highest BCUT2D eigenvalue weighted by Crippen LogP contribution is 2.39. The smallest absolute Gasteiger partial charge is 0.290 e. The van der Waals surface area contributed by atoms with Crippen LogP contribution in [0.15, 0.2) is 59.0 Å². The first-order valence-electron chi connectivity index (χ1n) is 9.76. The maximum absolute atomic E-state index is 14.0. The quantitative estimate of drug-likeness (QED) is 0.639. The Balaban J connectivity index is 1.40. The van der Waals surface area contributed by atoms with Gasteiger partial charge in [0.2, 0.25) is 0 Å². The average Bonchev–Trinajstić information content (AvgIpc) is 3.43. The van der Waals surface area contributed by atoms with Crippen molar-refractivity contribution in [3.05, 3.63) is 71.7 Å². The molecule has 0 saturated carbocycles. The van der Waals surface area contributed by atoms with Crippen LogP contribution in [-0.2, 0) is 0 Å². The average molecular weight is 393 g/mol. The summed E-state index contributed by atoms with van der Waals surface area (Å²) in [6.07, 6.45) is 1.78. The summed E-state index contributed by atoms with van der Waals surface area (Å²) in [7, 11) is 0. The van der Waals surface area contributed by atoms with Crippen molar-refractivity contribution in [3.63, 3.8) is 0 Å². The summed E-state index contributed by atoms with van der Waals surface area (Å²) in [6, 6.07) is 15.4. The molecule has 6 heteroatoms. The van der Waals surface area contributed by atoms with Crippen LogP contribution in [0.1, 0.15) is 35.0 Å². The molecule has 0 spiro atoms. The van der Waals surface area contributed by atoms with Gasteiger partial charge in [0.25, 0.3) is 5.91 Å². The summed E-state index contributed by atoms with van der Waals surface area (Å²) in [5, 5.41) is 0. The first-order valence-corrected chi connectivity index (χ1v) is 9.76. The summed E-state index contributed by atoms with van der Waals surface area (Å²) in [6.45, 7) is 1.71. The Kier molecular flexibility index (Phi) is 4.46. The lowest BCUT2D eigenvalue weighted by atomic mass is 10.0. The van der Waals surface area contributed by atoms with E-state index in [9.17, 15) is 9.18 Å². The molecule has 5 rings (SSSR count). The van der Waals surface area contributed by atoms with Gasteiger partial charge in [-0.15, -0.1) is 0 Å². The van der Waals surface area contributed by atoms with Crippen molar-refractivity contribution < 1.29 is 23.1 Å². The van der Waals surface area contributed by atoms with Gasteiger partial charge in [0.05, 0.1) is 11.6 Å². The second-order valence-electron chi connectivity index (χ2n) is 7.20. The van der Waals surface area contributed by atoms with Crippen molar-refractivity contribution in [3.8, 4) is 22.8 Å². The van der Waals surface area contributed by atoms with Crippen molar-refractivity contribution in [2.24, 2.45) is 0 Å². The van der Waals surface area contributed by atoms with Gasteiger partial charge in [-0.2, -0.15) is 0 Å². The summed E-state index contributed by atoms with van der Waals surface area (Å²) >= 11 is 0. The monoisotopic (exact) mass is 393 g/mol. The van der Waals surface area contributed by atoms with E-state index in [4.69, 9.17) is 13.9 Å². The maximum atomic E-state index is 14.0. The number of hydrogen-bond acceptors (Lipinski definition) is 4. The molecule has 1 saturated heterocycles. The lowest BCUT2D eigenvalue weighted by Gasteiger charge is -2.26. The molecule has 0 radical (unpaired) electrons. The Morgan fingerprint density at radius 3 is 2.69 bits per heavy atom. The summed E-state index contributed by atoms with van der Waals surface area (Å²) in [5.41, 5.74) is 1.36. The first-order chi connectivity index (χ1) is 14.2. The number of hydrogen-bond donors (Lipinski definition) is 0. The summed E-state index contributed by atoms with van der Waals surface area (Å²) in [5.74, 6) is 1.44. The SMILES string of the molecule is O=C(c1ccc(-c2ccccc2F)o1)N1CCC[C@@H]1c1ccc2c(c1)OCCO2. The number of amides is 1. The highest BCUT2D eigenvalue weighted by Gasteiger charge is 2.33. The normalized spacial score (nSPS) is 18.1. The Morgan fingerprint density at radius 2 is 1.83 bits per heavy atom. The van der Waals surface area contributed by atoms with Gasteiger partial charge >= 0.3 is 0 Å². The van der Waals surface area contributed by atoms with Crippen LogP contribution in [0.2, 0.25) is 0 Å². The first kappa shape index (κ1) is 17.8. The molecule has 0 unspecified atom stereocenters. The molecule has 0 N–H and O–H groups in total. The summed E-state index contributed by atoms with van der Waals surface area (Å²) in [4.78, 5) is 14.9. The minimum Gasteiger partial charge on any atom is -0.486 e. The minimum atomic E-state index is -0.379. The molecule has 29 heavy (non-hydrogen) atoms. The molecule has 3 heterocycles. The number of carbonyl (C=O) groups is 1. The fraction of sp³-hybridized carbons (Fsp3) is 0.261. The molecule has 0 bridgehead atoms. The molecule has 2 aromatic carbocycles. The van der Waals surface area contributed by atoms with Crippen LogP contribution in [0, 0.1) is 5.82 Å². The fourth-order valence-corrected chi connectivity index (χ4v) is 4.02. The number of furan rings is 1. The zero-order valence-electron chi connectivity index (χ0n) is 15.8. The molecule has 3 aromatic rings. The van der Waals surface area contributed by atoms with Crippen molar-refractivity contribution in [1.82, 2.24) is 4.90 Å². The van der Waals surface area contributed by atoms with Gasteiger partial charge in [0, 0.05) is 6.54 Å². The molecule has 5 nitrogen and oxygen atoms in total. The molecule has 2 aliphatic heterocycles. The number of fused-ring (bicyclic) bond motifs is 1. The van der Waals surface area contributed by atoms with E-state index in [0.29, 0.717) is 36.8 Å². The highest BCUT2D eigenvalue weighted by atomic mass is 19.1. The van der Waals surface area contributed by atoms with Gasteiger partial charge in [0.1, 0.15) is 24.8 Å². The van der Waals surface area contributed by atoms with E-state index < -0.39 is 0 Å². The fourth-order valence-electron chi connectivity index (χ4n) is 4.02. The van der Waals surface area contributed by atoms with Crippen LogP contribution in [0.4, 0.5) is 4.39 Å². The van der Waals surface area contributed by atoms with E-state index in [1.165, 1.54) is 6.07 Å². The molecule has 1 amide bonds. The Morgan fingerprint density at radius 1 is 1.00 bits per heavy atom. The molecule has 2 aliphatic rings. The lowest BCUT2D eigenvalue weighted by Crippen LogP contribution is -2.30. The van der Waals surface area contributed by atoms with Gasteiger partial charge in [-0.05, 0) is 54.8 Å². The van der Waals surface area contributed by atoms with E-state index in [1.807, 2.05) is 23.1 Å². The van der Waals surface area contributed by atoms with E-state index in [2.05, 4.69) is 0 Å². The van der Waals surface area contributed by atoms with Crippen molar-refractivity contribution in [2.75, 3.05) is 19.8 Å². The number of carbonyl (C=O) groups excluding carboxylic acids is 1. The molecule has 0 aliphatic carbocycles. The third-order valence-corrected chi connectivity index (χ3v) is 5.42. The van der Waals surface area contributed by atoms with E-state index in [1.54, 1.807) is 30.3 Å².